The Morgan fingerprint density at radius 3 is 2.72 bits per heavy atom. The molecule has 3 aliphatic heterocycles. The van der Waals surface area contributed by atoms with Crippen molar-refractivity contribution >= 4 is 11.6 Å². The van der Waals surface area contributed by atoms with E-state index in [1.165, 1.54) is 50.8 Å². The standard InChI is InChI=1S/C25H30N2O2/c28-25(27-16-14-20-5-1-2-7-24(20)27)21-9-12-23(13-10-21)29-18-19-8-11-22-6-3-4-15-26(22)17-19/h1-2,5,7,9-10,12-13,19,22H,3-4,6,8,11,14-18H2. The minimum absolute atomic E-state index is 0.0740. The van der Waals surface area contributed by atoms with Crippen molar-refractivity contribution in [3.05, 3.63) is 59.7 Å². The molecule has 2 unspecified atom stereocenters. The Hall–Kier alpha value is -2.33. The number of piperidine rings is 2. The van der Waals surface area contributed by atoms with E-state index in [0.29, 0.717) is 5.92 Å². The number of rotatable bonds is 4. The molecule has 2 fully saturated rings. The fourth-order valence-electron chi connectivity index (χ4n) is 5.23. The van der Waals surface area contributed by atoms with E-state index < -0.39 is 0 Å². The average molecular weight is 391 g/mol. The van der Waals surface area contributed by atoms with E-state index in [1.807, 2.05) is 47.4 Å². The summed E-state index contributed by atoms with van der Waals surface area (Å²) in [5, 5.41) is 0. The Balaban J connectivity index is 1.17. The predicted molar refractivity (Wildman–Crippen MR) is 116 cm³/mol. The van der Waals surface area contributed by atoms with Gasteiger partial charge in [-0.25, -0.2) is 0 Å². The number of benzene rings is 2. The van der Waals surface area contributed by atoms with E-state index in [-0.39, 0.29) is 5.91 Å². The Morgan fingerprint density at radius 1 is 0.966 bits per heavy atom. The van der Waals surface area contributed by atoms with Crippen LogP contribution in [0, 0.1) is 5.92 Å². The minimum atomic E-state index is 0.0740. The van der Waals surface area contributed by atoms with E-state index >= 15 is 0 Å². The zero-order chi connectivity index (χ0) is 19.6. The van der Waals surface area contributed by atoms with E-state index in [2.05, 4.69) is 11.0 Å². The first-order valence-corrected chi connectivity index (χ1v) is 11.1. The van der Waals surface area contributed by atoms with Crippen LogP contribution in [0.4, 0.5) is 5.69 Å². The van der Waals surface area contributed by atoms with Gasteiger partial charge in [0.2, 0.25) is 0 Å². The summed E-state index contributed by atoms with van der Waals surface area (Å²) in [5.41, 5.74) is 3.03. The molecular weight excluding hydrogens is 360 g/mol. The van der Waals surface area contributed by atoms with Crippen molar-refractivity contribution in [3.8, 4) is 5.75 Å². The zero-order valence-electron chi connectivity index (χ0n) is 17.1. The van der Waals surface area contributed by atoms with Crippen molar-refractivity contribution < 1.29 is 9.53 Å². The highest BCUT2D eigenvalue weighted by molar-refractivity contribution is 6.07. The lowest BCUT2D eigenvalue weighted by Crippen LogP contribution is -2.47. The van der Waals surface area contributed by atoms with Gasteiger partial charge >= 0.3 is 0 Å². The topological polar surface area (TPSA) is 32.8 Å². The lowest BCUT2D eigenvalue weighted by atomic mass is 9.88. The van der Waals surface area contributed by atoms with Gasteiger partial charge in [0.15, 0.2) is 0 Å². The molecule has 0 bridgehead atoms. The maximum atomic E-state index is 12.9. The van der Waals surface area contributed by atoms with Gasteiger partial charge in [-0.2, -0.15) is 0 Å². The Morgan fingerprint density at radius 2 is 1.83 bits per heavy atom. The van der Waals surface area contributed by atoms with Crippen LogP contribution in [-0.4, -0.2) is 43.1 Å². The molecule has 4 nitrogen and oxygen atoms in total. The fraction of sp³-hybridized carbons (Fsp3) is 0.480. The highest BCUT2D eigenvalue weighted by Crippen LogP contribution is 2.30. The first kappa shape index (κ1) is 18.7. The van der Waals surface area contributed by atoms with Crippen LogP contribution in [0.25, 0.3) is 0 Å². The Labute approximate surface area is 173 Å². The van der Waals surface area contributed by atoms with Crippen LogP contribution < -0.4 is 9.64 Å². The summed E-state index contributed by atoms with van der Waals surface area (Å²) in [7, 11) is 0. The molecule has 0 N–H and O–H groups in total. The highest BCUT2D eigenvalue weighted by Gasteiger charge is 2.30. The van der Waals surface area contributed by atoms with Crippen LogP contribution in [0.5, 0.6) is 5.75 Å². The molecular formula is C25H30N2O2. The molecule has 0 radical (unpaired) electrons. The molecule has 2 saturated heterocycles. The monoisotopic (exact) mass is 390 g/mol. The fourth-order valence-corrected chi connectivity index (χ4v) is 5.23. The second kappa shape index (κ2) is 8.19. The van der Waals surface area contributed by atoms with Crippen LogP contribution >= 0.6 is 0 Å². The number of carbonyl (C=O) groups excluding carboxylic acids is 1. The lowest BCUT2D eigenvalue weighted by molar-refractivity contribution is 0.0565. The molecule has 1 amide bonds. The van der Waals surface area contributed by atoms with Gasteiger partial charge < -0.3 is 9.64 Å². The van der Waals surface area contributed by atoms with E-state index in [0.717, 1.165) is 42.6 Å². The second-order valence-corrected chi connectivity index (χ2v) is 8.76. The Kier molecular flexibility index (Phi) is 5.28. The van der Waals surface area contributed by atoms with Crippen molar-refractivity contribution in [3.63, 3.8) is 0 Å². The summed E-state index contributed by atoms with van der Waals surface area (Å²) in [6, 6.07) is 16.7. The van der Waals surface area contributed by atoms with Crippen molar-refractivity contribution in [1.29, 1.82) is 0 Å². The smallest absolute Gasteiger partial charge is 0.258 e. The van der Waals surface area contributed by atoms with Crippen LogP contribution in [0.1, 0.15) is 48.0 Å². The zero-order valence-corrected chi connectivity index (χ0v) is 17.1. The van der Waals surface area contributed by atoms with Gasteiger partial charge in [0.1, 0.15) is 5.75 Å². The van der Waals surface area contributed by atoms with Gasteiger partial charge in [0.25, 0.3) is 5.91 Å². The molecule has 4 heteroatoms. The molecule has 2 atom stereocenters. The van der Waals surface area contributed by atoms with Gasteiger partial charge in [-0.05, 0) is 74.5 Å². The van der Waals surface area contributed by atoms with Crippen molar-refractivity contribution in [2.75, 3.05) is 31.1 Å². The number of para-hydroxylation sites is 1. The molecule has 2 aromatic carbocycles. The third-order valence-electron chi connectivity index (χ3n) is 6.87. The number of nitrogens with zero attached hydrogens (tertiary/aromatic N) is 2. The van der Waals surface area contributed by atoms with Crippen molar-refractivity contribution in [2.24, 2.45) is 5.92 Å². The molecule has 0 spiro atoms. The summed E-state index contributed by atoms with van der Waals surface area (Å²) < 4.78 is 6.09. The molecule has 0 saturated carbocycles. The molecule has 2 aromatic rings. The highest BCUT2D eigenvalue weighted by atomic mass is 16.5. The summed E-state index contributed by atoms with van der Waals surface area (Å²) in [4.78, 5) is 17.5. The summed E-state index contributed by atoms with van der Waals surface area (Å²) in [6.07, 6.45) is 7.65. The minimum Gasteiger partial charge on any atom is -0.493 e. The average Bonchev–Trinajstić information content (AvgIpc) is 3.21. The first-order valence-electron chi connectivity index (χ1n) is 11.1. The quantitative estimate of drug-likeness (QED) is 0.769. The summed E-state index contributed by atoms with van der Waals surface area (Å²) >= 11 is 0. The van der Waals surface area contributed by atoms with Gasteiger partial charge in [-0.15, -0.1) is 0 Å². The normalized spacial score (nSPS) is 24.1. The summed E-state index contributed by atoms with van der Waals surface area (Å²) in [6.45, 7) is 3.97. The number of fused-ring (bicyclic) bond motifs is 2. The van der Waals surface area contributed by atoms with Gasteiger partial charge in [0.05, 0.1) is 6.61 Å². The maximum absolute atomic E-state index is 12.9. The van der Waals surface area contributed by atoms with E-state index in [4.69, 9.17) is 4.74 Å². The van der Waals surface area contributed by atoms with Gasteiger partial charge in [-0.1, -0.05) is 24.6 Å². The third kappa shape index (κ3) is 3.91. The number of anilines is 1. The largest absolute Gasteiger partial charge is 0.493 e. The SMILES string of the molecule is O=C(c1ccc(OCC2CCC3CCCCN3C2)cc1)N1CCc2ccccc21. The van der Waals surface area contributed by atoms with Crippen LogP contribution in [0.3, 0.4) is 0 Å². The van der Waals surface area contributed by atoms with E-state index in [1.54, 1.807) is 0 Å². The van der Waals surface area contributed by atoms with Crippen LogP contribution in [0.15, 0.2) is 48.5 Å². The number of hydrogen-bond acceptors (Lipinski definition) is 3. The molecule has 0 aliphatic carbocycles. The van der Waals surface area contributed by atoms with Gasteiger partial charge in [-0.3, -0.25) is 9.69 Å². The predicted octanol–water partition coefficient (Wildman–Crippen LogP) is 4.53. The number of hydrogen-bond donors (Lipinski definition) is 0. The van der Waals surface area contributed by atoms with Crippen molar-refractivity contribution in [1.82, 2.24) is 4.90 Å². The molecule has 152 valence electrons. The van der Waals surface area contributed by atoms with Gasteiger partial charge in [0, 0.05) is 36.3 Å². The molecule has 29 heavy (non-hydrogen) atoms. The van der Waals surface area contributed by atoms with Crippen LogP contribution in [-0.2, 0) is 6.42 Å². The molecule has 3 aliphatic rings. The Bertz CT molecular complexity index is 863. The number of carbonyl (C=O) groups is 1. The third-order valence-corrected chi connectivity index (χ3v) is 6.87. The molecule has 5 rings (SSSR count). The van der Waals surface area contributed by atoms with Crippen LogP contribution in [0.2, 0.25) is 0 Å². The summed E-state index contributed by atoms with van der Waals surface area (Å²) in [5.74, 6) is 1.56. The van der Waals surface area contributed by atoms with E-state index in [9.17, 15) is 4.79 Å². The molecule has 3 heterocycles. The second-order valence-electron chi connectivity index (χ2n) is 8.76. The molecule has 0 aromatic heterocycles. The van der Waals surface area contributed by atoms with Crippen molar-refractivity contribution in [2.45, 2.75) is 44.6 Å². The number of ether oxygens (including phenoxy) is 1. The maximum Gasteiger partial charge on any atom is 0.258 e. The first-order chi connectivity index (χ1) is 14.3. The number of amides is 1. The lowest BCUT2D eigenvalue weighted by Gasteiger charge is -2.42.